The van der Waals surface area contributed by atoms with Gasteiger partial charge in [0.15, 0.2) is 0 Å². The Kier molecular flexibility index (Phi) is 3.20. The maximum absolute atomic E-state index is 10.1. The molecule has 0 spiro atoms. The lowest BCUT2D eigenvalue weighted by Gasteiger charge is -1.95. The fourth-order valence-electron chi connectivity index (χ4n) is 0.334. The number of aliphatic carboxylic acids is 1. The van der Waals surface area contributed by atoms with Crippen LogP contribution in [0, 0.1) is 0 Å². The number of hydrogen-bond donors (Lipinski definition) is 1. The van der Waals surface area contributed by atoms with Gasteiger partial charge in [0.1, 0.15) is 0 Å². The summed E-state index contributed by atoms with van der Waals surface area (Å²) in [6, 6.07) is 0. The molecule has 3 nitrogen and oxygen atoms in total. The molecule has 0 saturated heterocycles. The van der Waals surface area contributed by atoms with Gasteiger partial charge >= 0.3 is 5.97 Å². The summed E-state index contributed by atoms with van der Waals surface area (Å²) in [5.74, 6) is -1.19. The second-order valence-electron chi connectivity index (χ2n) is 1.28. The predicted octanol–water partition coefficient (Wildman–Crippen LogP) is 0.787. The van der Waals surface area contributed by atoms with Crippen molar-refractivity contribution in [3.63, 3.8) is 0 Å². The molecule has 0 aliphatic rings. The predicted molar refractivity (Wildman–Crippen MR) is 32.9 cm³/mol. The Morgan fingerprint density at radius 2 is 2.33 bits per heavy atom. The maximum atomic E-state index is 10.1. The summed E-state index contributed by atoms with van der Waals surface area (Å²) >= 11 is 0. The lowest BCUT2D eigenvalue weighted by molar-refractivity contribution is -0.136. The molecule has 9 heavy (non-hydrogen) atoms. The lowest BCUT2D eigenvalue weighted by atomic mass is 10.4. The first kappa shape index (κ1) is 7.75. The second-order valence-corrected chi connectivity index (χ2v) is 1.28. The smallest absolute Gasteiger partial charge is 0.371 e. The van der Waals surface area contributed by atoms with E-state index in [9.17, 15) is 4.79 Å². The molecule has 0 aromatic carbocycles. The van der Waals surface area contributed by atoms with E-state index in [0.717, 1.165) is 0 Å². The summed E-state index contributed by atoms with van der Waals surface area (Å²) in [5.41, 5.74) is 0. The third kappa shape index (κ3) is 2.54. The summed E-state index contributed by atoms with van der Waals surface area (Å²) in [5, 5.41) is 8.26. The van der Waals surface area contributed by atoms with Crippen molar-refractivity contribution in [2.45, 2.75) is 0 Å². The number of allylic oxidation sites excluding steroid dienone is 2. The Morgan fingerprint density at radius 3 is 2.44 bits per heavy atom. The van der Waals surface area contributed by atoms with Crippen LogP contribution in [0.1, 0.15) is 0 Å². The quantitative estimate of drug-likeness (QED) is 0.347. The number of hydrogen-bond acceptors (Lipinski definition) is 2. The highest BCUT2D eigenvalue weighted by atomic mass is 16.5. The highest BCUT2D eigenvalue weighted by Gasteiger charge is 2.02. The van der Waals surface area contributed by atoms with Crippen LogP contribution in [0.15, 0.2) is 24.5 Å². The van der Waals surface area contributed by atoms with Gasteiger partial charge in [-0.15, -0.1) is 0 Å². The Hall–Kier alpha value is -1.25. The van der Waals surface area contributed by atoms with Gasteiger partial charge in [-0.3, -0.25) is 0 Å². The molecule has 0 saturated carbocycles. The Labute approximate surface area is 53.3 Å². The van der Waals surface area contributed by atoms with Gasteiger partial charge in [0.25, 0.3) is 0 Å². The monoisotopic (exact) mass is 128 g/mol. The van der Waals surface area contributed by atoms with Gasteiger partial charge in [-0.25, -0.2) is 4.79 Å². The molecule has 0 aromatic rings. The van der Waals surface area contributed by atoms with Crippen LogP contribution < -0.4 is 0 Å². The summed E-state index contributed by atoms with van der Waals surface area (Å²) in [4.78, 5) is 10.1. The number of methoxy groups -OCH3 is 1. The number of ether oxygens (including phenoxy) is 1. The van der Waals surface area contributed by atoms with E-state index in [1.807, 2.05) is 0 Å². The molecule has 3 heteroatoms. The van der Waals surface area contributed by atoms with Gasteiger partial charge in [-0.2, -0.15) is 0 Å². The van der Waals surface area contributed by atoms with E-state index in [4.69, 9.17) is 5.11 Å². The first-order valence-electron chi connectivity index (χ1n) is 2.32. The van der Waals surface area contributed by atoms with E-state index in [2.05, 4.69) is 11.3 Å². The molecular formula is C6H8O3. The average Bonchev–Trinajstić information content (AvgIpc) is 1.82. The van der Waals surface area contributed by atoms with Crippen molar-refractivity contribution in [2.24, 2.45) is 0 Å². The molecule has 0 fully saturated rings. The number of carboxylic acids is 1. The molecule has 0 aromatic heterocycles. The van der Waals surface area contributed by atoms with Crippen LogP contribution >= 0.6 is 0 Å². The van der Waals surface area contributed by atoms with Crippen LogP contribution in [0.4, 0.5) is 0 Å². The van der Waals surface area contributed by atoms with Gasteiger partial charge < -0.3 is 9.84 Å². The zero-order valence-corrected chi connectivity index (χ0v) is 5.13. The van der Waals surface area contributed by atoms with Crippen molar-refractivity contribution in [1.29, 1.82) is 0 Å². The van der Waals surface area contributed by atoms with Gasteiger partial charge in [0, 0.05) is 0 Å². The molecular weight excluding hydrogens is 120 g/mol. The second kappa shape index (κ2) is 3.72. The van der Waals surface area contributed by atoms with Crippen molar-refractivity contribution in [3.8, 4) is 0 Å². The van der Waals surface area contributed by atoms with Crippen LogP contribution in [0.25, 0.3) is 0 Å². The van der Waals surface area contributed by atoms with E-state index in [1.165, 1.54) is 19.3 Å². The van der Waals surface area contributed by atoms with E-state index < -0.39 is 5.97 Å². The third-order valence-electron chi connectivity index (χ3n) is 0.700. The van der Waals surface area contributed by atoms with E-state index in [1.54, 1.807) is 0 Å². The van der Waals surface area contributed by atoms with Gasteiger partial charge in [0.2, 0.25) is 5.76 Å². The molecule has 0 amide bonds. The molecule has 0 atom stereocenters. The minimum absolute atomic E-state index is 0.106. The van der Waals surface area contributed by atoms with Crippen LogP contribution in [-0.2, 0) is 9.53 Å². The summed E-state index contributed by atoms with van der Waals surface area (Å²) in [7, 11) is 1.30. The van der Waals surface area contributed by atoms with Crippen LogP contribution in [0.5, 0.6) is 0 Å². The van der Waals surface area contributed by atoms with E-state index in [0.29, 0.717) is 0 Å². The highest BCUT2D eigenvalue weighted by molar-refractivity contribution is 5.84. The SMILES string of the molecule is C=C/C=C(\OC)C(=O)O. The minimum atomic E-state index is -1.09. The Morgan fingerprint density at radius 1 is 1.78 bits per heavy atom. The molecule has 0 heterocycles. The molecule has 1 N–H and O–H groups in total. The van der Waals surface area contributed by atoms with Gasteiger partial charge in [-0.05, 0) is 6.08 Å². The van der Waals surface area contributed by atoms with Gasteiger partial charge in [0.05, 0.1) is 7.11 Å². The summed E-state index contributed by atoms with van der Waals surface area (Å²) < 4.78 is 4.44. The average molecular weight is 128 g/mol. The Balaban J connectivity index is 4.14. The zero-order chi connectivity index (χ0) is 7.28. The number of rotatable bonds is 3. The van der Waals surface area contributed by atoms with Crippen molar-refractivity contribution in [2.75, 3.05) is 7.11 Å². The highest BCUT2D eigenvalue weighted by Crippen LogP contribution is 1.93. The number of carbonyl (C=O) groups is 1. The van der Waals surface area contributed by atoms with E-state index >= 15 is 0 Å². The Bertz CT molecular complexity index is 146. The van der Waals surface area contributed by atoms with Crippen LogP contribution in [0.3, 0.4) is 0 Å². The van der Waals surface area contributed by atoms with Crippen molar-refractivity contribution in [1.82, 2.24) is 0 Å². The topological polar surface area (TPSA) is 46.5 Å². The molecule has 0 unspecified atom stereocenters. The van der Waals surface area contributed by atoms with Crippen LogP contribution in [0.2, 0.25) is 0 Å². The molecule has 0 bridgehead atoms. The molecule has 0 radical (unpaired) electrons. The summed E-state index contributed by atoms with van der Waals surface area (Å²) in [6.45, 7) is 3.31. The fourth-order valence-corrected chi connectivity index (χ4v) is 0.334. The van der Waals surface area contributed by atoms with Crippen molar-refractivity contribution in [3.05, 3.63) is 24.5 Å². The standard InChI is InChI=1S/C6H8O3/c1-3-4-5(9-2)6(7)8/h3-4H,1H2,2H3,(H,7,8)/b5-4-. The fraction of sp³-hybridized carbons (Fsp3) is 0.167. The molecule has 50 valence electrons. The largest absolute Gasteiger partial charge is 0.490 e. The maximum Gasteiger partial charge on any atom is 0.371 e. The molecule has 0 aliphatic carbocycles. The van der Waals surface area contributed by atoms with Gasteiger partial charge in [-0.1, -0.05) is 12.7 Å². The summed E-state index contributed by atoms with van der Waals surface area (Å²) in [6.07, 6.45) is 2.63. The van der Waals surface area contributed by atoms with Crippen LogP contribution in [-0.4, -0.2) is 18.2 Å². The third-order valence-corrected chi connectivity index (χ3v) is 0.700. The van der Waals surface area contributed by atoms with E-state index in [-0.39, 0.29) is 5.76 Å². The number of carboxylic acid groups (broad SMARTS) is 1. The zero-order valence-electron chi connectivity index (χ0n) is 5.13. The lowest BCUT2D eigenvalue weighted by Crippen LogP contribution is -2.01. The first-order chi connectivity index (χ1) is 4.22. The normalized spacial score (nSPS) is 10.6. The minimum Gasteiger partial charge on any atom is -0.490 e. The molecule has 0 aliphatic heterocycles. The first-order valence-corrected chi connectivity index (χ1v) is 2.32. The van der Waals surface area contributed by atoms with Crippen molar-refractivity contribution >= 4 is 5.97 Å². The van der Waals surface area contributed by atoms with Crippen molar-refractivity contribution < 1.29 is 14.6 Å². The molecule has 0 rings (SSSR count).